The molecule has 10 nitrogen and oxygen atoms in total. The van der Waals surface area contributed by atoms with Crippen LogP contribution in [0.15, 0.2) is 28.5 Å². The SMILES string of the molecule is CNC(=O)N1CCC(NC2CCOCC2)=C(C(=N)N2CCCc3cc(C4C=NN(C)C4)c(C#N)cc32)C1. The van der Waals surface area contributed by atoms with E-state index in [2.05, 4.69) is 27.9 Å². The van der Waals surface area contributed by atoms with Crippen LogP contribution < -0.4 is 15.5 Å². The van der Waals surface area contributed by atoms with Crippen LogP contribution in [-0.2, 0) is 11.2 Å². The van der Waals surface area contributed by atoms with E-state index in [-0.39, 0.29) is 11.9 Å². The van der Waals surface area contributed by atoms with E-state index in [1.54, 1.807) is 11.9 Å². The van der Waals surface area contributed by atoms with Crippen molar-refractivity contribution in [1.29, 1.82) is 10.7 Å². The summed E-state index contributed by atoms with van der Waals surface area (Å²) in [4.78, 5) is 16.3. The topological polar surface area (TPSA) is 120 Å². The average molecular weight is 505 g/mol. The van der Waals surface area contributed by atoms with Crippen molar-refractivity contribution in [3.63, 3.8) is 0 Å². The third-order valence-corrected chi connectivity index (χ3v) is 7.80. The fourth-order valence-electron chi connectivity index (χ4n) is 5.76. The van der Waals surface area contributed by atoms with Crippen molar-refractivity contribution in [2.24, 2.45) is 5.10 Å². The van der Waals surface area contributed by atoms with Crippen LogP contribution in [-0.4, -0.2) is 87.5 Å². The Morgan fingerprint density at radius 3 is 2.76 bits per heavy atom. The molecule has 37 heavy (non-hydrogen) atoms. The minimum atomic E-state index is -0.130. The summed E-state index contributed by atoms with van der Waals surface area (Å²) >= 11 is 0. The molecule has 0 bridgehead atoms. The van der Waals surface area contributed by atoms with Gasteiger partial charge in [0.15, 0.2) is 0 Å². The Bertz CT molecular complexity index is 1160. The van der Waals surface area contributed by atoms with Crippen molar-refractivity contribution in [2.75, 3.05) is 58.4 Å². The number of carbonyl (C=O) groups excluding carboxylic acids is 1. The first-order chi connectivity index (χ1) is 18.0. The highest BCUT2D eigenvalue weighted by molar-refractivity contribution is 6.09. The van der Waals surface area contributed by atoms with Crippen LogP contribution in [0.3, 0.4) is 0 Å². The van der Waals surface area contributed by atoms with E-state index in [1.807, 2.05) is 29.2 Å². The summed E-state index contributed by atoms with van der Waals surface area (Å²) in [7, 11) is 3.58. The van der Waals surface area contributed by atoms with Gasteiger partial charge in [0, 0.05) is 88.5 Å². The number of carbonyl (C=O) groups is 1. The van der Waals surface area contributed by atoms with Crippen LogP contribution in [0.5, 0.6) is 0 Å². The Balaban J connectivity index is 1.48. The summed E-state index contributed by atoms with van der Waals surface area (Å²) in [6, 6.07) is 6.68. The predicted molar refractivity (Wildman–Crippen MR) is 143 cm³/mol. The number of likely N-dealkylation sites (N-methyl/N-ethyl adjacent to an activating group) is 1. The van der Waals surface area contributed by atoms with Crippen molar-refractivity contribution in [3.05, 3.63) is 40.1 Å². The molecular weight excluding hydrogens is 468 g/mol. The largest absolute Gasteiger partial charge is 0.385 e. The lowest BCUT2D eigenvalue weighted by Crippen LogP contribution is -2.48. The monoisotopic (exact) mass is 504 g/mol. The molecule has 1 saturated heterocycles. The van der Waals surface area contributed by atoms with E-state index in [9.17, 15) is 15.5 Å². The molecule has 0 aliphatic carbocycles. The van der Waals surface area contributed by atoms with Crippen LogP contribution in [0.1, 0.15) is 48.3 Å². The maximum atomic E-state index is 12.5. The van der Waals surface area contributed by atoms with Gasteiger partial charge in [0.25, 0.3) is 0 Å². The van der Waals surface area contributed by atoms with Crippen LogP contribution in [0.25, 0.3) is 0 Å². The van der Waals surface area contributed by atoms with Gasteiger partial charge in [-0.1, -0.05) is 6.07 Å². The molecule has 1 unspecified atom stereocenters. The number of hydrogen-bond donors (Lipinski definition) is 3. The Hall–Kier alpha value is -3.58. The number of ether oxygens (including phenoxy) is 1. The molecular formula is C27H36N8O2. The van der Waals surface area contributed by atoms with Crippen molar-refractivity contribution < 1.29 is 9.53 Å². The number of anilines is 1. The quantitative estimate of drug-likeness (QED) is 0.428. The fourth-order valence-corrected chi connectivity index (χ4v) is 5.76. The number of nitrogens with one attached hydrogen (secondary N) is 3. The number of amides is 2. The molecule has 1 atom stereocenters. The number of nitrogens with zero attached hydrogens (tertiary/aromatic N) is 5. The van der Waals surface area contributed by atoms with Crippen molar-refractivity contribution in [2.45, 2.75) is 44.1 Å². The number of urea groups is 1. The van der Waals surface area contributed by atoms with E-state index in [0.29, 0.717) is 43.5 Å². The third-order valence-electron chi connectivity index (χ3n) is 7.80. The highest BCUT2D eigenvalue weighted by Gasteiger charge is 2.32. The molecule has 0 spiro atoms. The molecule has 0 saturated carbocycles. The zero-order chi connectivity index (χ0) is 25.9. The second-order valence-electron chi connectivity index (χ2n) is 10.2. The van der Waals surface area contributed by atoms with Crippen molar-refractivity contribution >= 4 is 23.8 Å². The standard InChI is InChI=1S/C27H36N8O2/c1-30-27(36)34-9-5-24(32-21-6-10-37-11-7-21)23(17-34)26(29)35-8-3-4-18-12-22(19(14-28)13-25(18)35)20-15-31-33(2)16-20/h12-13,15,20-21,29,32H,3-11,16-17H2,1-2H3,(H,30,36). The van der Waals surface area contributed by atoms with Gasteiger partial charge in [-0.25, -0.2) is 4.79 Å². The van der Waals surface area contributed by atoms with E-state index in [1.165, 1.54) is 0 Å². The third kappa shape index (κ3) is 5.14. The summed E-state index contributed by atoms with van der Waals surface area (Å²) in [5.74, 6) is 0.500. The van der Waals surface area contributed by atoms with Gasteiger partial charge in [-0.2, -0.15) is 10.4 Å². The molecule has 10 heteroatoms. The summed E-state index contributed by atoms with van der Waals surface area (Å²) in [5.41, 5.74) is 5.62. The highest BCUT2D eigenvalue weighted by atomic mass is 16.5. The molecule has 4 aliphatic rings. The summed E-state index contributed by atoms with van der Waals surface area (Å²) in [6.07, 6.45) is 6.30. The van der Waals surface area contributed by atoms with Crippen molar-refractivity contribution in [3.8, 4) is 6.07 Å². The molecule has 196 valence electrons. The second kappa shape index (κ2) is 10.8. The van der Waals surface area contributed by atoms with Gasteiger partial charge in [-0.3, -0.25) is 10.4 Å². The molecule has 4 aliphatic heterocycles. The number of fused-ring (bicyclic) bond motifs is 1. The summed E-state index contributed by atoms with van der Waals surface area (Å²) < 4.78 is 5.53. The summed E-state index contributed by atoms with van der Waals surface area (Å²) in [6.45, 7) is 3.93. The molecule has 1 aromatic rings. The van der Waals surface area contributed by atoms with Gasteiger partial charge in [-0.05, 0) is 42.9 Å². The van der Waals surface area contributed by atoms with Gasteiger partial charge < -0.3 is 25.2 Å². The first-order valence-corrected chi connectivity index (χ1v) is 13.2. The molecule has 0 aromatic heterocycles. The number of aryl methyl sites for hydroxylation is 1. The predicted octanol–water partition coefficient (Wildman–Crippen LogP) is 2.37. The maximum absolute atomic E-state index is 12.5. The van der Waals surface area contributed by atoms with E-state index in [4.69, 9.17) is 4.74 Å². The Morgan fingerprint density at radius 1 is 1.24 bits per heavy atom. The van der Waals surface area contributed by atoms with E-state index >= 15 is 0 Å². The van der Waals surface area contributed by atoms with Gasteiger partial charge >= 0.3 is 6.03 Å². The molecule has 5 rings (SSSR count). The van der Waals surface area contributed by atoms with Gasteiger partial charge in [0.2, 0.25) is 0 Å². The zero-order valence-electron chi connectivity index (χ0n) is 21.7. The van der Waals surface area contributed by atoms with Crippen LogP contribution >= 0.6 is 0 Å². The normalized spacial score (nSPS) is 22.1. The lowest BCUT2D eigenvalue weighted by Gasteiger charge is -2.38. The number of hydrogen-bond acceptors (Lipinski definition) is 7. The average Bonchev–Trinajstić information content (AvgIpc) is 3.37. The van der Waals surface area contributed by atoms with Crippen LogP contribution in [0, 0.1) is 16.7 Å². The molecule has 4 heterocycles. The Kier molecular flexibility index (Phi) is 7.33. The second-order valence-corrected chi connectivity index (χ2v) is 10.2. The first kappa shape index (κ1) is 25.1. The molecule has 2 amide bonds. The fraction of sp³-hybridized carbons (Fsp3) is 0.556. The lowest BCUT2D eigenvalue weighted by molar-refractivity contribution is 0.0798. The smallest absolute Gasteiger partial charge is 0.317 e. The maximum Gasteiger partial charge on any atom is 0.317 e. The number of amidine groups is 1. The molecule has 1 fully saturated rings. The van der Waals surface area contributed by atoms with E-state index in [0.717, 1.165) is 73.5 Å². The number of rotatable bonds is 4. The molecule has 0 radical (unpaired) electrons. The van der Waals surface area contributed by atoms with Crippen LogP contribution in [0.4, 0.5) is 10.5 Å². The lowest BCUT2D eigenvalue weighted by atomic mass is 9.89. The summed E-state index contributed by atoms with van der Waals surface area (Å²) in [5, 5.41) is 32.1. The first-order valence-electron chi connectivity index (χ1n) is 13.2. The number of benzene rings is 1. The highest BCUT2D eigenvalue weighted by Crippen LogP contribution is 2.35. The van der Waals surface area contributed by atoms with Crippen molar-refractivity contribution in [1.82, 2.24) is 20.5 Å². The molecule has 1 aromatic carbocycles. The Morgan fingerprint density at radius 2 is 2.05 bits per heavy atom. The van der Waals surface area contributed by atoms with E-state index < -0.39 is 0 Å². The number of nitriles is 1. The number of hydrazone groups is 1. The minimum Gasteiger partial charge on any atom is -0.385 e. The van der Waals surface area contributed by atoms with Gasteiger partial charge in [-0.15, -0.1) is 0 Å². The van der Waals surface area contributed by atoms with Gasteiger partial charge in [0.05, 0.1) is 18.2 Å². The zero-order valence-corrected chi connectivity index (χ0v) is 21.7. The Labute approximate surface area is 218 Å². The van der Waals surface area contributed by atoms with Gasteiger partial charge in [0.1, 0.15) is 5.84 Å². The minimum absolute atomic E-state index is 0.0946. The van der Waals surface area contributed by atoms with Crippen LogP contribution in [0.2, 0.25) is 0 Å². The molecule has 3 N–H and O–H groups in total.